The molecule has 1 fully saturated rings. The Morgan fingerprint density at radius 2 is 2.20 bits per heavy atom. The van der Waals surface area contributed by atoms with Gasteiger partial charge in [0.05, 0.1) is 6.42 Å². The van der Waals surface area contributed by atoms with Gasteiger partial charge in [-0.05, 0) is 24.2 Å². The number of carboxylic acids is 1. The van der Waals surface area contributed by atoms with Crippen LogP contribution < -0.4 is 0 Å². The van der Waals surface area contributed by atoms with Gasteiger partial charge in [-0.25, -0.2) is 0 Å². The molecule has 1 saturated carbocycles. The van der Waals surface area contributed by atoms with E-state index in [9.17, 15) is 4.79 Å². The van der Waals surface area contributed by atoms with E-state index in [1.807, 2.05) is 13.8 Å². The molecule has 1 aliphatic carbocycles. The van der Waals surface area contributed by atoms with E-state index in [0.717, 1.165) is 24.6 Å². The molecule has 20 heavy (non-hydrogen) atoms. The Balaban J connectivity index is 2.00. The Morgan fingerprint density at radius 1 is 1.45 bits per heavy atom. The molecule has 0 bridgehead atoms. The van der Waals surface area contributed by atoms with Gasteiger partial charge in [0, 0.05) is 12.3 Å². The summed E-state index contributed by atoms with van der Waals surface area (Å²) in [5.41, 5.74) is -0.366. The van der Waals surface area contributed by atoms with E-state index >= 15 is 0 Å². The zero-order chi connectivity index (χ0) is 14.8. The number of rotatable bonds is 5. The van der Waals surface area contributed by atoms with Gasteiger partial charge in [-0.3, -0.25) is 4.79 Å². The molecule has 112 valence electrons. The van der Waals surface area contributed by atoms with Gasteiger partial charge in [-0.1, -0.05) is 38.8 Å². The van der Waals surface area contributed by atoms with Crippen LogP contribution in [-0.2, 0) is 11.2 Å². The lowest BCUT2D eigenvalue weighted by Gasteiger charge is -2.24. The molecule has 2 unspecified atom stereocenters. The summed E-state index contributed by atoms with van der Waals surface area (Å²) in [5.74, 6) is 1.69. The SMILES string of the molecule is CC1CCCC(c2noc(CC(C)(C)CC(=O)O)n2)C1. The maximum absolute atomic E-state index is 10.8. The highest BCUT2D eigenvalue weighted by Crippen LogP contribution is 2.35. The molecule has 1 heterocycles. The molecule has 1 N–H and O–H groups in total. The maximum atomic E-state index is 10.8. The molecule has 1 aromatic heterocycles. The van der Waals surface area contributed by atoms with Crippen molar-refractivity contribution in [3.05, 3.63) is 11.7 Å². The van der Waals surface area contributed by atoms with E-state index in [1.165, 1.54) is 12.8 Å². The first-order chi connectivity index (χ1) is 9.35. The molecule has 0 amide bonds. The van der Waals surface area contributed by atoms with Crippen LogP contribution in [0.25, 0.3) is 0 Å². The fraction of sp³-hybridized carbons (Fsp3) is 0.800. The summed E-state index contributed by atoms with van der Waals surface area (Å²) in [6.45, 7) is 6.09. The number of aromatic nitrogens is 2. The lowest BCUT2D eigenvalue weighted by molar-refractivity contribution is -0.139. The average Bonchev–Trinajstić information content (AvgIpc) is 2.74. The van der Waals surface area contributed by atoms with Crippen molar-refractivity contribution in [3.8, 4) is 0 Å². The van der Waals surface area contributed by atoms with Crippen LogP contribution in [0.4, 0.5) is 0 Å². The Kier molecular flexibility index (Phi) is 4.45. The molecule has 2 rings (SSSR count). The van der Waals surface area contributed by atoms with Crippen molar-refractivity contribution >= 4 is 5.97 Å². The van der Waals surface area contributed by atoms with Crippen LogP contribution in [-0.4, -0.2) is 21.2 Å². The first-order valence-corrected chi connectivity index (χ1v) is 7.40. The third-order valence-corrected chi connectivity index (χ3v) is 4.04. The molecule has 1 aliphatic rings. The summed E-state index contributed by atoms with van der Waals surface area (Å²) in [6.07, 6.45) is 5.37. The fourth-order valence-corrected chi connectivity index (χ4v) is 3.06. The van der Waals surface area contributed by atoms with Gasteiger partial charge in [0.1, 0.15) is 0 Å². The molecule has 2 atom stereocenters. The number of carboxylic acid groups (broad SMARTS) is 1. The van der Waals surface area contributed by atoms with Gasteiger partial charge in [0.25, 0.3) is 0 Å². The molecular weight excluding hydrogens is 256 g/mol. The lowest BCUT2D eigenvalue weighted by atomic mass is 9.82. The number of hydrogen-bond donors (Lipinski definition) is 1. The standard InChI is InChI=1S/C15H24N2O3/c1-10-5-4-6-11(7-10)14-16-12(20-17-14)8-15(2,3)9-13(18)19/h10-11H,4-9H2,1-3H3,(H,18,19). The highest BCUT2D eigenvalue weighted by Gasteiger charge is 2.28. The predicted octanol–water partition coefficient (Wildman–Crippen LogP) is 3.41. The van der Waals surface area contributed by atoms with Crippen LogP contribution in [0.3, 0.4) is 0 Å². The van der Waals surface area contributed by atoms with Gasteiger partial charge in [-0.2, -0.15) is 4.98 Å². The third-order valence-electron chi connectivity index (χ3n) is 4.04. The van der Waals surface area contributed by atoms with Gasteiger partial charge in [-0.15, -0.1) is 0 Å². The third kappa shape index (κ3) is 4.05. The number of carbonyl (C=O) groups is 1. The van der Waals surface area contributed by atoms with Crippen molar-refractivity contribution in [2.45, 2.75) is 65.2 Å². The van der Waals surface area contributed by atoms with Crippen molar-refractivity contribution < 1.29 is 14.4 Å². The van der Waals surface area contributed by atoms with E-state index in [1.54, 1.807) is 0 Å². The monoisotopic (exact) mass is 280 g/mol. The van der Waals surface area contributed by atoms with Crippen molar-refractivity contribution in [1.82, 2.24) is 10.1 Å². The molecule has 0 saturated heterocycles. The van der Waals surface area contributed by atoms with Crippen molar-refractivity contribution in [2.24, 2.45) is 11.3 Å². The minimum Gasteiger partial charge on any atom is -0.481 e. The highest BCUT2D eigenvalue weighted by molar-refractivity contribution is 5.67. The summed E-state index contributed by atoms with van der Waals surface area (Å²) in [7, 11) is 0. The molecule has 0 spiro atoms. The Morgan fingerprint density at radius 3 is 2.85 bits per heavy atom. The minimum atomic E-state index is -0.796. The fourth-order valence-electron chi connectivity index (χ4n) is 3.06. The summed E-state index contributed by atoms with van der Waals surface area (Å²) in [5, 5.41) is 13.0. The van der Waals surface area contributed by atoms with Gasteiger partial charge < -0.3 is 9.63 Å². The van der Waals surface area contributed by atoms with Crippen molar-refractivity contribution in [1.29, 1.82) is 0 Å². The molecule has 0 radical (unpaired) electrons. The summed E-state index contributed by atoms with van der Waals surface area (Å²) in [6, 6.07) is 0. The highest BCUT2D eigenvalue weighted by atomic mass is 16.5. The number of aliphatic carboxylic acids is 1. The molecular formula is C15H24N2O3. The quantitative estimate of drug-likeness (QED) is 0.894. The van der Waals surface area contributed by atoms with Crippen LogP contribution in [0.2, 0.25) is 0 Å². The predicted molar refractivity (Wildman–Crippen MR) is 74.4 cm³/mol. The zero-order valence-electron chi connectivity index (χ0n) is 12.6. The van der Waals surface area contributed by atoms with Crippen LogP contribution in [0.5, 0.6) is 0 Å². The zero-order valence-corrected chi connectivity index (χ0v) is 12.6. The second-order valence-electron chi connectivity index (χ2n) is 6.93. The van der Waals surface area contributed by atoms with E-state index in [2.05, 4.69) is 17.1 Å². The Bertz CT molecular complexity index is 467. The minimum absolute atomic E-state index is 0.102. The first kappa shape index (κ1) is 15.0. The molecule has 0 aromatic carbocycles. The van der Waals surface area contributed by atoms with Crippen LogP contribution in [0.15, 0.2) is 4.52 Å². The number of nitrogens with zero attached hydrogens (tertiary/aromatic N) is 2. The normalized spacial score (nSPS) is 23.8. The van der Waals surface area contributed by atoms with Crippen LogP contribution >= 0.6 is 0 Å². The largest absolute Gasteiger partial charge is 0.481 e. The number of hydrogen-bond acceptors (Lipinski definition) is 4. The lowest BCUT2D eigenvalue weighted by Crippen LogP contribution is -2.20. The second-order valence-corrected chi connectivity index (χ2v) is 6.93. The van der Waals surface area contributed by atoms with Gasteiger partial charge >= 0.3 is 5.97 Å². The molecule has 5 nitrogen and oxygen atoms in total. The first-order valence-electron chi connectivity index (χ1n) is 7.40. The molecule has 5 heteroatoms. The second kappa shape index (κ2) is 5.94. The summed E-state index contributed by atoms with van der Waals surface area (Å²) in [4.78, 5) is 15.3. The molecule has 1 aromatic rings. The summed E-state index contributed by atoms with van der Waals surface area (Å²) < 4.78 is 5.32. The van der Waals surface area contributed by atoms with Gasteiger partial charge in [0.2, 0.25) is 5.89 Å². The average molecular weight is 280 g/mol. The van der Waals surface area contributed by atoms with Crippen LogP contribution in [0.1, 0.15) is 70.5 Å². The van der Waals surface area contributed by atoms with Crippen molar-refractivity contribution in [3.63, 3.8) is 0 Å². The Hall–Kier alpha value is -1.39. The summed E-state index contributed by atoms with van der Waals surface area (Å²) >= 11 is 0. The van der Waals surface area contributed by atoms with E-state index in [4.69, 9.17) is 9.63 Å². The van der Waals surface area contributed by atoms with Crippen molar-refractivity contribution in [2.75, 3.05) is 0 Å². The smallest absolute Gasteiger partial charge is 0.303 e. The van der Waals surface area contributed by atoms with E-state index in [0.29, 0.717) is 18.2 Å². The van der Waals surface area contributed by atoms with Gasteiger partial charge in [0.15, 0.2) is 5.82 Å². The molecule has 0 aliphatic heterocycles. The maximum Gasteiger partial charge on any atom is 0.303 e. The Labute approximate surface area is 119 Å². The van der Waals surface area contributed by atoms with E-state index < -0.39 is 5.97 Å². The van der Waals surface area contributed by atoms with Crippen LogP contribution in [0, 0.1) is 11.3 Å². The van der Waals surface area contributed by atoms with E-state index in [-0.39, 0.29) is 11.8 Å². The topological polar surface area (TPSA) is 76.2 Å².